The first kappa shape index (κ1) is 17.4. The molecule has 7 heteroatoms. The van der Waals surface area contributed by atoms with E-state index >= 15 is 0 Å². The second kappa shape index (κ2) is 7.67. The lowest BCUT2D eigenvalue weighted by atomic mass is 10.2. The zero-order chi connectivity index (χ0) is 18.5. The Hall–Kier alpha value is -3.38. The lowest BCUT2D eigenvalue weighted by Gasteiger charge is -2.05. The number of nitrogens with one attached hydrogen (secondary N) is 2. The van der Waals surface area contributed by atoms with Crippen molar-refractivity contribution in [1.29, 1.82) is 0 Å². The number of nitrogens with zero attached hydrogens (tertiary/aromatic N) is 1. The van der Waals surface area contributed by atoms with Crippen LogP contribution in [0.3, 0.4) is 0 Å². The smallest absolute Gasteiger partial charge is 0.352 e. The molecule has 130 valence electrons. The maximum atomic E-state index is 12.2. The molecule has 2 aromatic carbocycles. The molecule has 0 atom stereocenters. The number of hydrogen-bond acceptors (Lipinski definition) is 3. The molecule has 0 fully saturated rings. The van der Waals surface area contributed by atoms with Crippen LogP contribution in [0.2, 0.25) is 5.02 Å². The Bertz CT molecular complexity index is 980. The van der Waals surface area contributed by atoms with Gasteiger partial charge in [-0.2, -0.15) is 0 Å². The van der Waals surface area contributed by atoms with Crippen molar-refractivity contribution in [2.75, 3.05) is 0 Å². The van der Waals surface area contributed by atoms with Gasteiger partial charge in [0.15, 0.2) is 0 Å². The van der Waals surface area contributed by atoms with Crippen molar-refractivity contribution < 1.29 is 14.7 Å². The number of carboxylic acids is 1. The van der Waals surface area contributed by atoms with Crippen LogP contribution in [-0.2, 0) is 4.79 Å². The molecule has 6 nitrogen and oxygen atoms in total. The van der Waals surface area contributed by atoms with E-state index in [2.05, 4.69) is 15.3 Å². The fraction of sp³-hybridized carbons (Fsp3) is 0. The summed E-state index contributed by atoms with van der Waals surface area (Å²) in [5.41, 5.74) is 1.21. The highest BCUT2D eigenvalue weighted by Crippen LogP contribution is 2.25. The number of H-pyrrole nitrogens is 1. The average Bonchev–Trinajstić information content (AvgIpc) is 3.10. The van der Waals surface area contributed by atoms with Crippen molar-refractivity contribution in [2.45, 2.75) is 0 Å². The maximum Gasteiger partial charge on any atom is 0.352 e. The fourth-order valence-corrected chi connectivity index (χ4v) is 2.51. The molecule has 0 bridgehead atoms. The number of aliphatic carboxylic acids is 1. The van der Waals surface area contributed by atoms with Gasteiger partial charge in [0.05, 0.1) is 16.9 Å². The quantitative estimate of drug-likeness (QED) is 0.600. The van der Waals surface area contributed by atoms with Gasteiger partial charge in [0.2, 0.25) is 0 Å². The number of carbonyl (C=O) groups excluding carboxylic acids is 1. The highest BCUT2D eigenvalue weighted by Gasteiger charge is 2.14. The fourth-order valence-electron chi connectivity index (χ4n) is 2.29. The van der Waals surface area contributed by atoms with Gasteiger partial charge in [-0.05, 0) is 30.3 Å². The molecule has 3 rings (SSSR count). The Kier molecular flexibility index (Phi) is 5.15. The highest BCUT2D eigenvalue weighted by atomic mass is 35.5. The maximum absolute atomic E-state index is 12.2. The Morgan fingerprint density at radius 2 is 1.77 bits per heavy atom. The van der Waals surface area contributed by atoms with E-state index in [0.29, 0.717) is 27.7 Å². The van der Waals surface area contributed by atoms with Crippen LogP contribution in [-0.4, -0.2) is 27.0 Å². The van der Waals surface area contributed by atoms with Crippen molar-refractivity contribution in [3.63, 3.8) is 0 Å². The molecular formula is C19H14ClN3O3. The largest absolute Gasteiger partial charge is 0.477 e. The molecule has 0 aliphatic rings. The van der Waals surface area contributed by atoms with Crippen molar-refractivity contribution >= 4 is 29.6 Å². The molecule has 0 unspecified atom stereocenters. The molecule has 1 amide bonds. The summed E-state index contributed by atoms with van der Waals surface area (Å²) < 4.78 is 0. The monoisotopic (exact) mass is 367 g/mol. The molecule has 1 aromatic heterocycles. The van der Waals surface area contributed by atoms with Crippen LogP contribution < -0.4 is 5.32 Å². The molecule has 0 saturated carbocycles. The molecule has 26 heavy (non-hydrogen) atoms. The number of carboxylic acid groups (broad SMARTS) is 1. The van der Waals surface area contributed by atoms with E-state index in [1.54, 1.807) is 48.5 Å². The van der Waals surface area contributed by atoms with Crippen LogP contribution in [0.5, 0.6) is 0 Å². The first-order valence-electron chi connectivity index (χ1n) is 7.66. The van der Waals surface area contributed by atoms with Crippen LogP contribution in [0, 0.1) is 0 Å². The zero-order valence-corrected chi connectivity index (χ0v) is 14.2. The number of aromatic amines is 1. The molecule has 0 spiro atoms. The van der Waals surface area contributed by atoms with Crippen molar-refractivity contribution in [1.82, 2.24) is 15.3 Å². The second-order valence-electron chi connectivity index (χ2n) is 5.35. The van der Waals surface area contributed by atoms with Gasteiger partial charge in [-0.25, -0.2) is 9.78 Å². The molecule has 3 aromatic rings. The van der Waals surface area contributed by atoms with Gasteiger partial charge in [-0.1, -0.05) is 41.9 Å². The first-order valence-corrected chi connectivity index (χ1v) is 8.03. The molecule has 1 heterocycles. The van der Waals surface area contributed by atoms with E-state index in [0.717, 1.165) is 0 Å². The third-order valence-corrected chi connectivity index (χ3v) is 3.87. The predicted octanol–water partition coefficient (Wildman–Crippen LogP) is 3.59. The second-order valence-corrected chi connectivity index (χ2v) is 5.76. The molecule has 0 saturated heterocycles. The van der Waals surface area contributed by atoms with Gasteiger partial charge in [0.1, 0.15) is 11.5 Å². The number of amides is 1. The SMILES string of the molecule is O=C(O)/C(=C/c1cnc(-c2ccccc2Cl)[nH]1)NC(=O)c1ccccc1. The number of hydrogen-bond donors (Lipinski definition) is 3. The number of rotatable bonds is 5. The van der Waals surface area contributed by atoms with E-state index in [1.165, 1.54) is 12.3 Å². The molecule has 0 aliphatic heterocycles. The average molecular weight is 368 g/mol. The zero-order valence-electron chi connectivity index (χ0n) is 13.4. The summed E-state index contributed by atoms with van der Waals surface area (Å²) in [7, 11) is 0. The summed E-state index contributed by atoms with van der Waals surface area (Å²) in [4.78, 5) is 30.8. The van der Waals surface area contributed by atoms with Gasteiger partial charge >= 0.3 is 5.97 Å². The van der Waals surface area contributed by atoms with E-state index in [1.807, 2.05) is 6.07 Å². The van der Waals surface area contributed by atoms with Crippen molar-refractivity contribution in [3.05, 3.63) is 82.8 Å². The minimum atomic E-state index is -1.26. The molecule has 3 N–H and O–H groups in total. The topological polar surface area (TPSA) is 95.1 Å². The van der Waals surface area contributed by atoms with Crippen LogP contribution in [0.25, 0.3) is 17.5 Å². The summed E-state index contributed by atoms with van der Waals surface area (Å²) in [6.07, 6.45) is 2.77. The summed E-state index contributed by atoms with van der Waals surface area (Å²) >= 11 is 6.13. The number of imidazole rings is 1. The lowest BCUT2D eigenvalue weighted by Crippen LogP contribution is -2.27. The van der Waals surface area contributed by atoms with Crippen LogP contribution in [0.1, 0.15) is 16.1 Å². The van der Waals surface area contributed by atoms with Gasteiger partial charge in [0.25, 0.3) is 5.91 Å². The predicted molar refractivity (Wildman–Crippen MR) is 98.6 cm³/mol. The minimum Gasteiger partial charge on any atom is -0.477 e. The summed E-state index contributed by atoms with van der Waals surface area (Å²) in [5.74, 6) is -1.27. The van der Waals surface area contributed by atoms with Gasteiger partial charge < -0.3 is 15.4 Å². The summed E-state index contributed by atoms with van der Waals surface area (Å²) in [5, 5.41) is 12.3. The Morgan fingerprint density at radius 1 is 1.08 bits per heavy atom. The third kappa shape index (κ3) is 3.99. The van der Waals surface area contributed by atoms with E-state index in [4.69, 9.17) is 11.6 Å². The van der Waals surface area contributed by atoms with E-state index < -0.39 is 11.9 Å². The first-order chi connectivity index (χ1) is 12.5. The van der Waals surface area contributed by atoms with Crippen LogP contribution in [0.15, 0.2) is 66.5 Å². The summed E-state index contributed by atoms with van der Waals surface area (Å²) in [6.45, 7) is 0. The van der Waals surface area contributed by atoms with Crippen molar-refractivity contribution in [3.8, 4) is 11.4 Å². The van der Waals surface area contributed by atoms with Crippen molar-refractivity contribution in [2.24, 2.45) is 0 Å². The Morgan fingerprint density at radius 3 is 2.46 bits per heavy atom. The van der Waals surface area contributed by atoms with Crippen LogP contribution in [0.4, 0.5) is 0 Å². The molecule has 0 aliphatic carbocycles. The summed E-state index contributed by atoms with van der Waals surface area (Å²) in [6, 6.07) is 15.5. The Labute approximate surface area is 154 Å². The van der Waals surface area contributed by atoms with Gasteiger partial charge in [0, 0.05) is 11.1 Å². The minimum absolute atomic E-state index is 0.270. The molecule has 0 radical (unpaired) electrons. The number of halogens is 1. The number of carbonyl (C=O) groups is 2. The Balaban J connectivity index is 1.85. The van der Waals surface area contributed by atoms with Crippen LogP contribution >= 0.6 is 11.6 Å². The standard InChI is InChI=1S/C19H14ClN3O3/c20-15-9-5-4-8-14(15)17-21-11-13(22-17)10-16(19(25)26)23-18(24)12-6-2-1-3-7-12/h1-11H,(H,21,22)(H,23,24)(H,25,26)/b16-10-. The van der Waals surface area contributed by atoms with E-state index in [9.17, 15) is 14.7 Å². The number of aromatic nitrogens is 2. The lowest BCUT2D eigenvalue weighted by molar-refractivity contribution is -0.132. The normalized spacial score (nSPS) is 11.2. The highest BCUT2D eigenvalue weighted by molar-refractivity contribution is 6.33. The van der Waals surface area contributed by atoms with Gasteiger partial charge in [-0.15, -0.1) is 0 Å². The van der Waals surface area contributed by atoms with E-state index in [-0.39, 0.29) is 5.70 Å². The van der Waals surface area contributed by atoms with Gasteiger partial charge in [-0.3, -0.25) is 4.79 Å². The number of benzene rings is 2. The molecular weight excluding hydrogens is 354 g/mol. The third-order valence-electron chi connectivity index (χ3n) is 3.54.